The van der Waals surface area contributed by atoms with Gasteiger partial charge in [-0.1, -0.05) is 32.9 Å². The molecule has 1 aliphatic heterocycles. The van der Waals surface area contributed by atoms with Crippen LogP contribution in [-0.4, -0.2) is 28.4 Å². The Morgan fingerprint density at radius 1 is 1.30 bits per heavy atom. The van der Waals surface area contributed by atoms with Crippen LogP contribution in [0.15, 0.2) is 18.2 Å². The number of amides is 1. The Hall–Kier alpha value is -1.84. The van der Waals surface area contributed by atoms with Gasteiger partial charge in [-0.3, -0.25) is 4.79 Å². The van der Waals surface area contributed by atoms with Crippen LogP contribution in [0.4, 0.5) is 0 Å². The highest BCUT2D eigenvalue weighted by molar-refractivity contribution is 5.90. The molecule has 1 aliphatic rings. The fourth-order valence-electron chi connectivity index (χ4n) is 2.59. The molecule has 0 saturated heterocycles. The van der Waals surface area contributed by atoms with Gasteiger partial charge in [0.25, 0.3) is 0 Å². The Balaban J connectivity index is 2.18. The van der Waals surface area contributed by atoms with E-state index in [2.05, 4.69) is 0 Å². The lowest BCUT2D eigenvalue weighted by Gasteiger charge is -2.31. The molecule has 0 unspecified atom stereocenters. The largest absolute Gasteiger partial charge is 0.478 e. The standard InChI is InChI=1S/C16H21NO3/c1-16(2,3)9-14(18)17-8-7-12-11(10-17)5-4-6-13(12)15(19)20/h4-6H,7-10H2,1-3H3,(H,19,20). The third-order valence-corrected chi connectivity index (χ3v) is 3.53. The maximum absolute atomic E-state index is 12.3. The third kappa shape index (κ3) is 3.18. The molecule has 0 bridgehead atoms. The van der Waals surface area contributed by atoms with Gasteiger partial charge in [0.1, 0.15) is 0 Å². The lowest BCUT2D eigenvalue weighted by Crippen LogP contribution is -2.38. The van der Waals surface area contributed by atoms with Gasteiger partial charge in [0.2, 0.25) is 5.91 Å². The summed E-state index contributed by atoms with van der Waals surface area (Å²) < 4.78 is 0. The maximum Gasteiger partial charge on any atom is 0.335 e. The average Bonchev–Trinajstić information content (AvgIpc) is 2.35. The number of hydrogen-bond acceptors (Lipinski definition) is 2. The molecule has 0 atom stereocenters. The summed E-state index contributed by atoms with van der Waals surface area (Å²) >= 11 is 0. The molecule has 0 saturated carbocycles. The Kier molecular flexibility index (Phi) is 3.84. The van der Waals surface area contributed by atoms with E-state index in [0.29, 0.717) is 31.5 Å². The number of fused-ring (bicyclic) bond motifs is 1. The molecule has 20 heavy (non-hydrogen) atoms. The van der Waals surface area contributed by atoms with Crippen LogP contribution in [0.3, 0.4) is 0 Å². The molecule has 0 spiro atoms. The van der Waals surface area contributed by atoms with E-state index in [4.69, 9.17) is 0 Å². The molecular formula is C16H21NO3. The summed E-state index contributed by atoms with van der Waals surface area (Å²) in [5.74, 6) is -0.750. The van der Waals surface area contributed by atoms with Gasteiger partial charge in [0.05, 0.1) is 5.56 Å². The van der Waals surface area contributed by atoms with Crippen molar-refractivity contribution in [2.24, 2.45) is 5.41 Å². The summed E-state index contributed by atoms with van der Waals surface area (Å²) in [5.41, 5.74) is 2.17. The monoisotopic (exact) mass is 275 g/mol. The molecule has 4 heteroatoms. The van der Waals surface area contributed by atoms with E-state index in [1.165, 1.54) is 0 Å². The molecule has 2 rings (SSSR count). The fraction of sp³-hybridized carbons (Fsp3) is 0.500. The Morgan fingerprint density at radius 2 is 2.00 bits per heavy atom. The molecule has 108 valence electrons. The number of nitrogens with zero attached hydrogens (tertiary/aromatic N) is 1. The second kappa shape index (κ2) is 5.27. The van der Waals surface area contributed by atoms with Crippen molar-refractivity contribution in [1.82, 2.24) is 4.90 Å². The zero-order chi connectivity index (χ0) is 14.9. The molecule has 1 amide bonds. The van der Waals surface area contributed by atoms with Crippen LogP contribution in [0.25, 0.3) is 0 Å². The molecular weight excluding hydrogens is 254 g/mol. The Labute approximate surface area is 119 Å². The summed E-state index contributed by atoms with van der Waals surface area (Å²) in [6.45, 7) is 7.26. The van der Waals surface area contributed by atoms with E-state index >= 15 is 0 Å². The number of carbonyl (C=O) groups excluding carboxylic acids is 1. The summed E-state index contributed by atoms with van der Waals surface area (Å²) in [7, 11) is 0. The van der Waals surface area contributed by atoms with Crippen LogP contribution in [0.5, 0.6) is 0 Å². The number of carbonyl (C=O) groups is 2. The smallest absolute Gasteiger partial charge is 0.335 e. The number of benzene rings is 1. The van der Waals surface area contributed by atoms with Crippen molar-refractivity contribution in [2.75, 3.05) is 6.54 Å². The van der Waals surface area contributed by atoms with Gasteiger partial charge >= 0.3 is 5.97 Å². The van der Waals surface area contributed by atoms with Gasteiger partial charge in [-0.25, -0.2) is 4.79 Å². The topological polar surface area (TPSA) is 57.6 Å². The van der Waals surface area contributed by atoms with Crippen molar-refractivity contribution in [1.29, 1.82) is 0 Å². The van der Waals surface area contributed by atoms with Crippen LogP contribution in [-0.2, 0) is 17.8 Å². The van der Waals surface area contributed by atoms with Crippen molar-refractivity contribution < 1.29 is 14.7 Å². The van der Waals surface area contributed by atoms with E-state index in [9.17, 15) is 14.7 Å². The maximum atomic E-state index is 12.3. The third-order valence-electron chi connectivity index (χ3n) is 3.53. The molecule has 1 aromatic carbocycles. The van der Waals surface area contributed by atoms with Crippen molar-refractivity contribution >= 4 is 11.9 Å². The normalized spacial score (nSPS) is 14.8. The summed E-state index contributed by atoms with van der Waals surface area (Å²) in [4.78, 5) is 25.3. The van der Waals surface area contributed by atoms with Crippen molar-refractivity contribution in [3.63, 3.8) is 0 Å². The van der Waals surface area contributed by atoms with E-state index in [-0.39, 0.29) is 11.3 Å². The van der Waals surface area contributed by atoms with Crippen LogP contribution < -0.4 is 0 Å². The van der Waals surface area contributed by atoms with Crippen molar-refractivity contribution in [3.05, 3.63) is 34.9 Å². The van der Waals surface area contributed by atoms with Gasteiger partial charge in [0.15, 0.2) is 0 Å². The molecule has 0 aliphatic carbocycles. The summed E-state index contributed by atoms with van der Waals surface area (Å²) in [5, 5.41) is 9.19. The Morgan fingerprint density at radius 3 is 2.60 bits per heavy atom. The quantitative estimate of drug-likeness (QED) is 0.902. The van der Waals surface area contributed by atoms with Crippen LogP contribution in [0.2, 0.25) is 0 Å². The second-order valence-corrected chi connectivity index (χ2v) is 6.55. The van der Waals surface area contributed by atoms with E-state index in [0.717, 1.165) is 11.1 Å². The molecule has 0 radical (unpaired) electrons. The number of rotatable bonds is 2. The number of aromatic carboxylic acids is 1. The van der Waals surface area contributed by atoms with Crippen LogP contribution in [0.1, 0.15) is 48.7 Å². The minimum Gasteiger partial charge on any atom is -0.478 e. The molecule has 0 fully saturated rings. The van der Waals surface area contributed by atoms with Gasteiger partial charge in [-0.2, -0.15) is 0 Å². The van der Waals surface area contributed by atoms with E-state index in [1.807, 2.05) is 31.7 Å². The zero-order valence-corrected chi connectivity index (χ0v) is 12.3. The van der Waals surface area contributed by atoms with Crippen LogP contribution in [0, 0.1) is 5.41 Å². The lowest BCUT2D eigenvalue weighted by atomic mass is 9.90. The first-order valence-corrected chi connectivity index (χ1v) is 6.90. The van der Waals surface area contributed by atoms with Crippen LogP contribution >= 0.6 is 0 Å². The second-order valence-electron chi connectivity index (χ2n) is 6.55. The average molecular weight is 275 g/mol. The van der Waals surface area contributed by atoms with E-state index < -0.39 is 5.97 Å². The molecule has 4 nitrogen and oxygen atoms in total. The van der Waals surface area contributed by atoms with Crippen molar-refractivity contribution in [2.45, 2.75) is 40.2 Å². The first-order chi connectivity index (χ1) is 9.28. The first-order valence-electron chi connectivity index (χ1n) is 6.90. The van der Waals surface area contributed by atoms with Gasteiger partial charge < -0.3 is 10.0 Å². The molecule has 1 aromatic rings. The van der Waals surface area contributed by atoms with Crippen molar-refractivity contribution in [3.8, 4) is 0 Å². The first kappa shape index (κ1) is 14.6. The lowest BCUT2D eigenvalue weighted by molar-refractivity contribution is -0.134. The highest BCUT2D eigenvalue weighted by atomic mass is 16.4. The fourth-order valence-corrected chi connectivity index (χ4v) is 2.59. The SMILES string of the molecule is CC(C)(C)CC(=O)N1CCc2c(cccc2C(=O)O)C1. The van der Waals surface area contributed by atoms with Gasteiger partial charge in [-0.15, -0.1) is 0 Å². The minimum atomic E-state index is -0.892. The minimum absolute atomic E-state index is 0.0275. The highest BCUT2D eigenvalue weighted by Gasteiger charge is 2.26. The zero-order valence-electron chi connectivity index (χ0n) is 12.3. The van der Waals surface area contributed by atoms with E-state index in [1.54, 1.807) is 12.1 Å². The summed E-state index contributed by atoms with van der Waals surface area (Å²) in [6.07, 6.45) is 1.13. The predicted octanol–water partition coefficient (Wildman–Crippen LogP) is 2.71. The number of carboxylic acids is 1. The number of carboxylic acid groups (broad SMARTS) is 1. The highest BCUT2D eigenvalue weighted by Crippen LogP contribution is 2.26. The molecule has 0 aromatic heterocycles. The van der Waals surface area contributed by atoms with Gasteiger partial charge in [0, 0.05) is 19.5 Å². The Bertz CT molecular complexity index is 543. The molecule has 1 N–H and O–H groups in total. The summed E-state index contributed by atoms with van der Waals surface area (Å²) in [6, 6.07) is 5.30. The predicted molar refractivity (Wildman–Crippen MR) is 76.6 cm³/mol. The number of hydrogen-bond donors (Lipinski definition) is 1. The van der Waals surface area contributed by atoms with Gasteiger partial charge in [-0.05, 0) is 29.0 Å². The molecule has 1 heterocycles.